The van der Waals surface area contributed by atoms with Crippen LogP contribution in [0.15, 0.2) is 30.9 Å². The van der Waals surface area contributed by atoms with Crippen LogP contribution >= 0.6 is 0 Å². The molecule has 0 radical (unpaired) electrons. The molecule has 1 atom stereocenters. The molecular weight excluding hydrogens is 174 g/mol. The Balaban J connectivity index is 2.43. The molecule has 1 aliphatic rings. The molecule has 0 aliphatic carbocycles. The summed E-state index contributed by atoms with van der Waals surface area (Å²) in [6, 6.07) is 6.28. The maximum atomic E-state index is 6.01. The number of allylic oxidation sites excluding steroid dienone is 1. The van der Waals surface area contributed by atoms with Crippen LogP contribution in [-0.4, -0.2) is 6.61 Å². The van der Waals surface area contributed by atoms with Crippen molar-refractivity contribution < 1.29 is 4.74 Å². The number of benzene rings is 1. The Morgan fingerprint density at radius 3 is 3.21 bits per heavy atom. The topological polar surface area (TPSA) is 35.2 Å². The molecule has 0 aromatic heterocycles. The van der Waals surface area contributed by atoms with Crippen molar-refractivity contribution in [3.8, 4) is 5.75 Å². The highest BCUT2D eigenvalue weighted by atomic mass is 16.5. The second-order valence-electron chi connectivity index (χ2n) is 3.57. The van der Waals surface area contributed by atoms with Crippen molar-refractivity contribution in [2.24, 2.45) is 5.73 Å². The van der Waals surface area contributed by atoms with Gasteiger partial charge in [-0.05, 0) is 12.0 Å². The summed E-state index contributed by atoms with van der Waals surface area (Å²) in [7, 11) is 0. The molecule has 0 fully saturated rings. The van der Waals surface area contributed by atoms with E-state index in [0.29, 0.717) is 0 Å². The Hall–Kier alpha value is -1.28. The molecule has 0 unspecified atom stereocenters. The Kier molecular flexibility index (Phi) is 2.55. The maximum Gasteiger partial charge on any atom is 0.127 e. The molecule has 0 saturated carbocycles. The van der Waals surface area contributed by atoms with Gasteiger partial charge in [-0.15, -0.1) is 6.58 Å². The fourth-order valence-electron chi connectivity index (χ4n) is 1.83. The quantitative estimate of drug-likeness (QED) is 0.724. The predicted octanol–water partition coefficient (Wildman–Crippen LogP) is 2.20. The van der Waals surface area contributed by atoms with Gasteiger partial charge in [0.15, 0.2) is 0 Å². The van der Waals surface area contributed by atoms with Gasteiger partial charge in [-0.25, -0.2) is 0 Å². The number of para-hydroxylation sites is 1. The van der Waals surface area contributed by atoms with E-state index in [4.69, 9.17) is 10.5 Å². The number of fused-ring (bicyclic) bond motifs is 1. The van der Waals surface area contributed by atoms with Gasteiger partial charge in [0.2, 0.25) is 0 Å². The van der Waals surface area contributed by atoms with Crippen molar-refractivity contribution >= 4 is 0 Å². The number of hydrogen-bond acceptors (Lipinski definition) is 2. The minimum absolute atomic E-state index is 0.128. The SMILES string of the molecule is C=CCc1cccc2c1OCC[C@@H]2N. The normalized spacial score (nSPS) is 19.6. The number of ether oxygens (including phenoxy) is 1. The van der Waals surface area contributed by atoms with Crippen molar-refractivity contribution in [3.63, 3.8) is 0 Å². The van der Waals surface area contributed by atoms with Gasteiger partial charge in [-0.1, -0.05) is 24.3 Å². The third-order valence-corrected chi connectivity index (χ3v) is 2.57. The monoisotopic (exact) mass is 189 g/mol. The first-order valence-electron chi connectivity index (χ1n) is 4.94. The van der Waals surface area contributed by atoms with Crippen LogP contribution < -0.4 is 10.5 Å². The van der Waals surface area contributed by atoms with Crippen LogP contribution in [0.2, 0.25) is 0 Å². The molecule has 0 bridgehead atoms. The summed E-state index contributed by atoms with van der Waals surface area (Å²) >= 11 is 0. The van der Waals surface area contributed by atoms with Crippen LogP contribution in [0.3, 0.4) is 0 Å². The van der Waals surface area contributed by atoms with E-state index in [1.807, 2.05) is 18.2 Å². The fraction of sp³-hybridized carbons (Fsp3) is 0.333. The lowest BCUT2D eigenvalue weighted by molar-refractivity contribution is 0.266. The summed E-state index contributed by atoms with van der Waals surface area (Å²) in [5, 5.41) is 0. The molecule has 0 spiro atoms. The zero-order valence-electron chi connectivity index (χ0n) is 8.20. The molecule has 1 aromatic rings. The summed E-state index contributed by atoms with van der Waals surface area (Å²) in [4.78, 5) is 0. The molecule has 1 aliphatic heterocycles. The Labute approximate surface area is 84.4 Å². The van der Waals surface area contributed by atoms with E-state index in [9.17, 15) is 0 Å². The predicted molar refractivity (Wildman–Crippen MR) is 57.4 cm³/mol. The first-order valence-corrected chi connectivity index (χ1v) is 4.94. The average Bonchev–Trinajstić information content (AvgIpc) is 2.20. The van der Waals surface area contributed by atoms with Crippen LogP contribution in [0.25, 0.3) is 0 Å². The third-order valence-electron chi connectivity index (χ3n) is 2.57. The van der Waals surface area contributed by atoms with Crippen LogP contribution in [0, 0.1) is 0 Å². The molecule has 2 heteroatoms. The Morgan fingerprint density at radius 2 is 2.43 bits per heavy atom. The third kappa shape index (κ3) is 1.53. The van der Waals surface area contributed by atoms with Gasteiger partial charge in [0.05, 0.1) is 6.61 Å². The summed E-state index contributed by atoms with van der Waals surface area (Å²) in [6.45, 7) is 4.46. The second kappa shape index (κ2) is 3.84. The molecule has 2 N–H and O–H groups in total. The van der Waals surface area contributed by atoms with E-state index in [1.54, 1.807) is 0 Å². The lowest BCUT2D eigenvalue weighted by Crippen LogP contribution is -2.21. The zero-order valence-corrected chi connectivity index (χ0v) is 8.20. The van der Waals surface area contributed by atoms with Crippen LogP contribution in [0.4, 0.5) is 0 Å². The van der Waals surface area contributed by atoms with Gasteiger partial charge >= 0.3 is 0 Å². The zero-order chi connectivity index (χ0) is 9.97. The highest BCUT2D eigenvalue weighted by molar-refractivity contribution is 5.45. The molecule has 1 heterocycles. The minimum Gasteiger partial charge on any atom is -0.493 e. The smallest absolute Gasteiger partial charge is 0.127 e. The van der Waals surface area contributed by atoms with Crippen molar-refractivity contribution in [3.05, 3.63) is 42.0 Å². The number of rotatable bonds is 2. The average molecular weight is 189 g/mol. The minimum atomic E-state index is 0.128. The molecule has 74 valence electrons. The van der Waals surface area contributed by atoms with Crippen LogP contribution in [-0.2, 0) is 6.42 Å². The van der Waals surface area contributed by atoms with Gasteiger partial charge < -0.3 is 10.5 Å². The molecule has 0 amide bonds. The Bertz CT molecular complexity index is 346. The van der Waals surface area contributed by atoms with E-state index in [1.165, 1.54) is 5.56 Å². The van der Waals surface area contributed by atoms with Crippen LogP contribution in [0.1, 0.15) is 23.6 Å². The summed E-state index contributed by atoms with van der Waals surface area (Å²) in [5.41, 5.74) is 8.33. The van der Waals surface area contributed by atoms with Crippen molar-refractivity contribution in [1.29, 1.82) is 0 Å². The molecule has 14 heavy (non-hydrogen) atoms. The molecule has 1 aromatic carbocycles. The van der Waals surface area contributed by atoms with E-state index in [0.717, 1.165) is 30.8 Å². The van der Waals surface area contributed by atoms with Crippen molar-refractivity contribution in [1.82, 2.24) is 0 Å². The van der Waals surface area contributed by atoms with Gasteiger partial charge in [-0.2, -0.15) is 0 Å². The van der Waals surface area contributed by atoms with E-state index < -0.39 is 0 Å². The highest BCUT2D eigenvalue weighted by Crippen LogP contribution is 2.33. The molecule has 2 nitrogen and oxygen atoms in total. The van der Waals surface area contributed by atoms with Gasteiger partial charge in [0.1, 0.15) is 5.75 Å². The van der Waals surface area contributed by atoms with Gasteiger partial charge in [0.25, 0.3) is 0 Å². The van der Waals surface area contributed by atoms with Crippen molar-refractivity contribution in [2.45, 2.75) is 18.9 Å². The standard InChI is InChI=1S/C12H15NO/c1-2-4-9-5-3-6-10-11(13)7-8-14-12(9)10/h2-3,5-6,11H,1,4,7-8,13H2/t11-/m0/s1. The second-order valence-corrected chi connectivity index (χ2v) is 3.57. The maximum absolute atomic E-state index is 6.01. The molecule has 2 rings (SSSR count). The summed E-state index contributed by atoms with van der Waals surface area (Å²) in [6.07, 6.45) is 3.64. The first-order chi connectivity index (χ1) is 6.83. The van der Waals surface area contributed by atoms with E-state index in [-0.39, 0.29) is 6.04 Å². The summed E-state index contributed by atoms with van der Waals surface area (Å²) in [5.74, 6) is 0.978. The number of nitrogens with two attached hydrogens (primary N) is 1. The molecular formula is C12H15NO. The highest BCUT2D eigenvalue weighted by Gasteiger charge is 2.19. The Morgan fingerprint density at radius 1 is 1.57 bits per heavy atom. The van der Waals surface area contributed by atoms with Crippen LogP contribution in [0.5, 0.6) is 5.75 Å². The van der Waals surface area contributed by atoms with Gasteiger partial charge in [0, 0.05) is 18.0 Å². The lowest BCUT2D eigenvalue weighted by atomic mass is 9.97. The van der Waals surface area contributed by atoms with Crippen molar-refractivity contribution in [2.75, 3.05) is 6.61 Å². The number of hydrogen-bond donors (Lipinski definition) is 1. The van der Waals surface area contributed by atoms with E-state index >= 15 is 0 Å². The lowest BCUT2D eigenvalue weighted by Gasteiger charge is -2.24. The largest absolute Gasteiger partial charge is 0.493 e. The molecule has 0 saturated heterocycles. The fourth-order valence-corrected chi connectivity index (χ4v) is 1.83. The van der Waals surface area contributed by atoms with Gasteiger partial charge in [-0.3, -0.25) is 0 Å². The first kappa shape index (κ1) is 9.28. The van der Waals surface area contributed by atoms with E-state index in [2.05, 4.69) is 12.6 Å². The summed E-state index contributed by atoms with van der Waals surface area (Å²) < 4.78 is 5.65.